The molecule has 0 saturated heterocycles. The summed E-state index contributed by atoms with van der Waals surface area (Å²) in [5, 5.41) is 14.5. The summed E-state index contributed by atoms with van der Waals surface area (Å²) in [5.41, 5.74) is 2.55. The van der Waals surface area contributed by atoms with Crippen molar-refractivity contribution in [2.45, 2.75) is 38.3 Å². The van der Waals surface area contributed by atoms with Crippen molar-refractivity contribution < 1.29 is 5.11 Å². The molecule has 3 heteroatoms. The quantitative estimate of drug-likeness (QED) is 0.789. The van der Waals surface area contributed by atoms with E-state index in [1.807, 2.05) is 6.20 Å². The summed E-state index contributed by atoms with van der Waals surface area (Å²) in [7, 11) is 0. The van der Waals surface area contributed by atoms with E-state index < -0.39 is 0 Å². The topological polar surface area (TPSA) is 48.0 Å². The lowest BCUT2D eigenvalue weighted by Crippen LogP contribution is -2.28. The summed E-state index contributed by atoms with van der Waals surface area (Å²) in [6, 6.07) is 8.52. The van der Waals surface area contributed by atoms with E-state index in [4.69, 9.17) is 0 Å². The van der Waals surface area contributed by atoms with Gasteiger partial charge in [-0.1, -0.05) is 24.6 Å². The maximum atomic E-state index is 9.68. The monoisotopic (exact) mass is 258 g/mol. The van der Waals surface area contributed by atoms with Crippen LogP contribution in [0, 0.1) is 5.92 Å². The summed E-state index contributed by atoms with van der Waals surface area (Å²) in [6.07, 6.45) is 6.27. The molecular weight excluding hydrogens is 236 g/mol. The number of nitrogens with one attached hydrogen (secondary N) is 2. The standard InChI is InChI=1S/C16H22N2O/c19-15-6-1-3-12(9-15)10-17-11-14-5-2-4-13-7-8-18-16(13)14/h2,4-5,7-8,12,15,17-19H,1,3,6,9-11H2. The van der Waals surface area contributed by atoms with Gasteiger partial charge in [0.1, 0.15) is 0 Å². The molecule has 1 aliphatic carbocycles. The summed E-state index contributed by atoms with van der Waals surface area (Å²) in [5.74, 6) is 0.631. The number of fused-ring (bicyclic) bond motifs is 1. The van der Waals surface area contributed by atoms with Crippen LogP contribution in [0.2, 0.25) is 0 Å². The van der Waals surface area contributed by atoms with E-state index in [0.29, 0.717) is 5.92 Å². The molecular formula is C16H22N2O. The first-order valence-corrected chi connectivity index (χ1v) is 7.26. The van der Waals surface area contributed by atoms with Crippen LogP contribution in [0.5, 0.6) is 0 Å². The van der Waals surface area contributed by atoms with Crippen LogP contribution in [-0.4, -0.2) is 22.7 Å². The molecule has 102 valence electrons. The van der Waals surface area contributed by atoms with Crippen LogP contribution in [0.4, 0.5) is 0 Å². The molecule has 1 aliphatic rings. The first-order chi connectivity index (χ1) is 9.33. The molecule has 1 aromatic carbocycles. The average molecular weight is 258 g/mol. The Hall–Kier alpha value is -1.32. The normalized spacial score (nSPS) is 23.8. The van der Waals surface area contributed by atoms with Crippen molar-refractivity contribution in [1.82, 2.24) is 10.3 Å². The number of para-hydroxylation sites is 1. The van der Waals surface area contributed by atoms with Gasteiger partial charge in [-0.25, -0.2) is 0 Å². The third-order valence-corrected chi connectivity index (χ3v) is 4.18. The maximum absolute atomic E-state index is 9.68. The molecule has 0 radical (unpaired) electrons. The highest BCUT2D eigenvalue weighted by atomic mass is 16.3. The second-order valence-corrected chi connectivity index (χ2v) is 5.68. The van der Waals surface area contributed by atoms with Gasteiger partial charge in [-0.2, -0.15) is 0 Å². The molecule has 1 aromatic heterocycles. The highest BCUT2D eigenvalue weighted by Gasteiger charge is 2.19. The van der Waals surface area contributed by atoms with Crippen LogP contribution in [0.3, 0.4) is 0 Å². The number of benzene rings is 1. The van der Waals surface area contributed by atoms with Gasteiger partial charge in [0, 0.05) is 18.3 Å². The van der Waals surface area contributed by atoms with Crippen LogP contribution in [0.1, 0.15) is 31.2 Å². The number of rotatable bonds is 4. The molecule has 2 unspecified atom stereocenters. The summed E-state index contributed by atoms with van der Waals surface area (Å²) in [6.45, 7) is 1.90. The maximum Gasteiger partial charge on any atom is 0.0543 e. The van der Waals surface area contributed by atoms with Gasteiger partial charge in [0.15, 0.2) is 0 Å². The van der Waals surface area contributed by atoms with Gasteiger partial charge >= 0.3 is 0 Å². The first-order valence-electron chi connectivity index (χ1n) is 7.26. The molecule has 1 heterocycles. The average Bonchev–Trinajstić information content (AvgIpc) is 2.88. The third kappa shape index (κ3) is 2.99. The van der Waals surface area contributed by atoms with Crippen LogP contribution >= 0.6 is 0 Å². The van der Waals surface area contributed by atoms with E-state index in [9.17, 15) is 5.11 Å². The summed E-state index contributed by atoms with van der Waals surface area (Å²) in [4.78, 5) is 3.30. The predicted octanol–water partition coefficient (Wildman–Crippen LogP) is 2.81. The number of aliphatic hydroxyl groups is 1. The van der Waals surface area contributed by atoms with Crippen LogP contribution in [0.15, 0.2) is 30.5 Å². The second-order valence-electron chi connectivity index (χ2n) is 5.68. The van der Waals surface area contributed by atoms with Crippen LogP contribution in [0.25, 0.3) is 10.9 Å². The minimum Gasteiger partial charge on any atom is -0.393 e. The zero-order chi connectivity index (χ0) is 13.1. The van der Waals surface area contributed by atoms with Gasteiger partial charge in [-0.3, -0.25) is 0 Å². The number of hydrogen-bond acceptors (Lipinski definition) is 2. The Morgan fingerprint density at radius 3 is 3.11 bits per heavy atom. The van der Waals surface area contributed by atoms with Gasteiger partial charge in [0.25, 0.3) is 0 Å². The second kappa shape index (κ2) is 5.76. The molecule has 2 atom stereocenters. The number of aromatic nitrogens is 1. The van der Waals surface area contributed by atoms with E-state index in [1.54, 1.807) is 0 Å². The molecule has 0 spiro atoms. The fourth-order valence-corrected chi connectivity index (χ4v) is 3.16. The Bertz CT molecular complexity index is 534. The highest BCUT2D eigenvalue weighted by molar-refractivity contribution is 5.82. The largest absolute Gasteiger partial charge is 0.393 e. The third-order valence-electron chi connectivity index (χ3n) is 4.18. The molecule has 0 aliphatic heterocycles. The smallest absolute Gasteiger partial charge is 0.0543 e. The van der Waals surface area contributed by atoms with E-state index >= 15 is 0 Å². The lowest BCUT2D eigenvalue weighted by molar-refractivity contribution is 0.101. The molecule has 2 aromatic rings. The Kier molecular flexibility index (Phi) is 3.85. The number of aromatic amines is 1. The van der Waals surface area contributed by atoms with E-state index in [0.717, 1.165) is 25.9 Å². The van der Waals surface area contributed by atoms with Gasteiger partial charge < -0.3 is 15.4 Å². The molecule has 0 bridgehead atoms. The molecule has 3 rings (SSSR count). The Balaban J connectivity index is 1.56. The van der Waals surface area contributed by atoms with E-state index in [1.165, 1.54) is 29.3 Å². The molecule has 3 nitrogen and oxygen atoms in total. The molecule has 1 fully saturated rings. The minimum atomic E-state index is -0.0765. The first kappa shape index (κ1) is 12.7. The van der Waals surface area contributed by atoms with Crippen molar-refractivity contribution in [3.63, 3.8) is 0 Å². The van der Waals surface area contributed by atoms with Crippen LogP contribution < -0.4 is 5.32 Å². The lowest BCUT2D eigenvalue weighted by atomic mass is 9.87. The van der Waals surface area contributed by atoms with Gasteiger partial charge in [0.05, 0.1) is 6.10 Å². The fourth-order valence-electron chi connectivity index (χ4n) is 3.16. The molecule has 3 N–H and O–H groups in total. The van der Waals surface area contributed by atoms with Crippen molar-refractivity contribution in [2.24, 2.45) is 5.92 Å². The van der Waals surface area contributed by atoms with E-state index in [-0.39, 0.29) is 6.10 Å². The van der Waals surface area contributed by atoms with Gasteiger partial charge in [0.2, 0.25) is 0 Å². The minimum absolute atomic E-state index is 0.0765. The highest BCUT2D eigenvalue weighted by Crippen LogP contribution is 2.23. The van der Waals surface area contributed by atoms with Crippen molar-refractivity contribution >= 4 is 10.9 Å². The fraction of sp³-hybridized carbons (Fsp3) is 0.500. The Morgan fingerprint density at radius 2 is 2.21 bits per heavy atom. The van der Waals surface area contributed by atoms with Gasteiger partial charge in [-0.05, 0) is 48.7 Å². The van der Waals surface area contributed by atoms with Crippen molar-refractivity contribution in [1.29, 1.82) is 0 Å². The zero-order valence-corrected chi connectivity index (χ0v) is 11.2. The van der Waals surface area contributed by atoms with Crippen LogP contribution in [-0.2, 0) is 6.54 Å². The van der Waals surface area contributed by atoms with Crippen molar-refractivity contribution in [2.75, 3.05) is 6.54 Å². The van der Waals surface area contributed by atoms with E-state index in [2.05, 4.69) is 34.6 Å². The SMILES string of the molecule is OC1CCCC(CNCc2cccc3cc[nH]c23)C1. The lowest BCUT2D eigenvalue weighted by Gasteiger charge is -2.26. The molecule has 0 amide bonds. The Morgan fingerprint density at radius 1 is 1.26 bits per heavy atom. The molecule has 19 heavy (non-hydrogen) atoms. The summed E-state index contributed by atoms with van der Waals surface area (Å²) < 4.78 is 0. The number of hydrogen-bond donors (Lipinski definition) is 3. The predicted molar refractivity (Wildman–Crippen MR) is 78.0 cm³/mol. The van der Waals surface area contributed by atoms with Crippen molar-refractivity contribution in [3.05, 3.63) is 36.0 Å². The zero-order valence-electron chi connectivity index (χ0n) is 11.2. The number of H-pyrrole nitrogens is 1. The summed E-state index contributed by atoms with van der Waals surface area (Å²) >= 11 is 0. The van der Waals surface area contributed by atoms with Gasteiger partial charge in [-0.15, -0.1) is 0 Å². The molecule has 1 saturated carbocycles. The van der Waals surface area contributed by atoms with Crippen molar-refractivity contribution in [3.8, 4) is 0 Å². The Labute approximate surface area is 114 Å². The number of aliphatic hydroxyl groups excluding tert-OH is 1.